The first-order valence-corrected chi connectivity index (χ1v) is 6.78. The zero-order valence-corrected chi connectivity index (χ0v) is 11.9. The van der Waals surface area contributed by atoms with E-state index in [0.717, 1.165) is 0 Å². The molecule has 0 aliphatic heterocycles. The fourth-order valence-electron chi connectivity index (χ4n) is 1.67. The highest BCUT2D eigenvalue weighted by Gasteiger charge is 2.13. The SMILES string of the molecule is CNC(=O)c1ccc(NC(=O)c2cccs2)c(OC)c1. The number of nitrogens with one attached hydrogen (secondary N) is 2. The molecule has 0 radical (unpaired) electrons. The third kappa shape index (κ3) is 2.97. The summed E-state index contributed by atoms with van der Waals surface area (Å²) in [6.45, 7) is 0. The Kier molecular flexibility index (Phi) is 4.37. The first kappa shape index (κ1) is 14.1. The fourth-order valence-corrected chi connectivity index (χ4v) is 2.29. The molecule has 104 valence electrons. The van der Waals surface area contributed by atoms with E-state index in [1.807, 2.05) is 11.4 Å². The second kappa shape index (κ2) is 6.21. The van der Waals surface area contributed by atoms with E-state index in [0.29, 0.717) is 21.9 Å². The minimum Gasteiger partial charge on any atom is -0.495 e. The molecule has 0 saturated carbocycles. The Bertz CT molecular complexity index is 623. The molecule has 0 aliphatic rings. The summed E-state index contributed by atoms with van der Waals surface area (Å²) in [6, 6.07) is 8.42. The summed E-state index contributed by atoms with van der Waals surface area (Å²) in [4.78, 5) is 24.1. The van der Waals surface area contributed by atoms with Crippen LogP contribution in [-0.2, 0) is 0 Å². The number of carbonyl (C=O) groups excluding carboxylic acids is 2. The molecule has 2 aromatic rings. The van der Waals surface area contributed by atoms with E-state index in [4.69, 9.17) is 4.74 Å². The Morgan fingerprint density at radius 3 is 2.60 bits per heavy atom. The average molecular weight is 290 g/mol. The molecule has 20 heavy (non-hydrogen) atoms. The van der Waals surface area contributed by atoms with E-state index in [1.54, 1.807) is 31.3 Å². The normalized spacial score (nSPS) is 9.90. The van der Waals surface area contributed by atoms with Crippen LogP contribution in [0.5, 0.6) is 5.75 Å². The number of benzene rings is 1. The number of methoxy groups -OCH3 is 1. The lowest BCUT2D eigenvalue weighted by Gasteiger charge is -2.11. The van der Waals surface area contributed by atoms with Crippen LogP contribution in [0, 0.1) is 0 Å². The van der Waals surface area contributed by atoms with Gasteiger partial charge in [-0.05, 0) is 29.6 Å². The standard InChI is InChI=1S/C14H14N2O3S/c1-15-13(17)9-5-6-10(11(8-9)19-2)16-14(18)12-4-3-7-20-12/h3-8H,1-2H3,(H,15,17)(H,16,18). The lowest BCUT2D eigenvalue weighted by atomic mass is 10.1. The van der Waals surface area contributed by atoms with Crippen molar-refractivity contribution in [1.29, 1.82) is 0 Å². The highest BCUT2D eigenvalue weighted by molar-refractivity contribution is 7.12. The number of thiophene rings is 1. The van der Waals surface area contributed by atoms with Gasteiger partial charge in [-0.15, -0.1) is 11.3 Å². The van der Waals surface area contributed by atoms with Crippen molar-refractivity contribution >= 4 is 28.8 Å². The van der Waals surface area contributed by atoms with Crippen LogP contribution in [0.2, 0.25) is 0 Å². The number of hydrogen-bond acceptors (Lipinski definition) is 4. The van der Waals surface area contributed by atoms with Crippen LogP contribution in [0.4, 0.5) is 5.69 Å². The molecular formula is C14H14N2O3S. The maximum Gasteiger partial charge on any atom is 0.265 e. The number of rotatable bonds is 4. The first-order valence-electron chi connectivity index (χ1n) is 5.90. The van der Waals surface area contributed by atoms with Gasteiger partial charge in [0, 0.05) is 12.6 Å². The highest BCUT2D eigenvalue weighted by Crippen LogP contribution is 2.26. The van der Waals surface area contributed by atoms with Gasteiger partial charge in [0.2, 0.25) is 0 Å². The molecule has 0 aliphatic carbocycles. The minimum atomic E-state index is -0.209. The van der Waals surface area contributed by atoms with Crippen LogP contribution in [-0.4, -0.2) is 26.0 Å². The summed E-state index contributed by atoms with van der Waals surface area (Å²) in [6.07, 6.45) is 0. The fraction of sp³-hybridized carbons (Fsp3) is 0.143. The molecule has 6 heteroatoms. The van der Waals surface area contributed by atoms with Crippen molar-refractivity contribution in [2.45, 2.75) is 0 Å². The van der Waals surface area contributed by atoms with Gasteiger partial charge in [-0.3, -0.25) is 9.59 Å². The van der Waals surface area contributed by atoms with Crippen LogP contribution >= 0.6 is 11.3 Å². The third-order valence-corrected chi connectivity index (χ3v) is 3.55. The van der Waals surface area contributed by atoms with E-state index >= 15 is 0 Å². The Labute approximate surface area is 120 Å². The van der Waals surface area contributed by atoms with Crippen molar-refractivity contribution in [2.75, 3.05) is 19.5 Å². The van der Waals surface area contributed by atoms with Crippen LogP contribution in [0.15, 0.2) is 35.7 Å². The predicted octanol–water partition coefficient (Wildman–Crippen LogP) is 2.37. The number of amides is 2. The van der Waals surface area contributed by atoms with Gasteiger partial charge in [0.05, 0.1) is 17.7 Å². The maximum absolute atomic E-state index is 12.0. The molecule has 0 fully saturated rings. The van der Waals surface area contributed by atoms with Crippen molar-refractivity contribution in [3.05, 3.63) is 46.2 Å². The van der Waals surface area contributed by atoms with Crippen molar-refractivity contribution in [3.8, 4) is 5.75 Å². The largest absolute Gasteiger partial charge is 0.495 e. The summed E-state index contributed by atoms with van der Waals surface area (Å²) in [5, 5.41) is 7.13. The van der Waals surface area contributed by atoms with Crippen LogP contribution in [0.3, 0.4) is 0 Å². The van der Waals surface area contributed by atoms with Gasteiger partial charge in [-0.25, -0.2) is 0 Å². The summed E-state index contributed by atoms with van der Waals surface area (Å²) in [7, 11) is 3.05. The second-order valence-electron chi connectivity index (χ2n) is 3.93. The van der Waals surface area contributed by atoms with Crippen LogP contribution in [0.1, 0.15) is 20.0 Å². The second-order valence-corrected chi connectivity index (χ2v) is 4.87. The molecule has 0 spiro atoms. The van der Waals surface area contributed by atoms with Crippen molar-refractivity contribution in [1.82, 2.24) is 5.32 Å². The zero-order valence-electron chi connectivity index (χ0n) is 11.1. The average Bonchev–Trinajstić information content (AvgIpc) is 3.01. The Balaban J connectivity index is 2.24. The molecular weight excluding hydrogens is 276 g/mol. The molecule has 2 amide bonds. The van der Waals surface area contributed by atoms with E-state index in [2.05, 4.69) is 10.6 Å². The molecule has 1 aromatic carbocycles. The smallest absolute Gasteiger partial charge is 0.265 e. The Morgan fingerprint density at radius 1 is 1.20 bits per heavy atom. The van der Waals surface area contributed by atoms with Gasteiger partial charge in [0.15, 0.2) is 0 Å². The molecule has 0 saturated heterocycles. The van der Waals surface area contributed by atoms with Gasteiger partial charge in [-0.2, -0.15) is 0 Å². The van der Waals surface area contributed by atoms with E-state index in [9.17, 15) is 9.59 Å². The molecule has 1 aromatic heterocycles. The van der Waals surface area contributed by atoms with Crippen LogP contribution < -0.4 is 15.4 Å². The van der Waals surface area contributed by atoms with E-state index in [-0.39, 0.29) is 11.8 Å². The van der Waals surface area contributed by atoms with E-state index in [1.165, 1.54) is 18.4 Å². The lowest BCUT2D eigenvalue weighted by molar-refractivity contribution is 0.0962. The Morgan fingerprint density at radius 2 is 2.00 bits per heavy atom. The quantitative estimate of drug-likeness (QED) is 0.908. The molecule has 0 unspecified atom stereocenters. The number of carbonyl (C=O) groups is 2. The van der Waals surface area contributed by atoms with E-state index < -0.39 is 0 Å². The number of anilines is 1. The first-order chi connectivity index (χ1) is 9.65. The summed E-state index contributed by atoms with van der Waals surface area (Å²) in [5.41, 5.74) is 0.997. The highest BCUT2D eigenvalue weighted by atomic mass is 32.1. The van der Waals surface area contributed by atoms with Gasteiger partial charge in [0.25, 0.3) is 11.8 Å². The monoisotopic (exact) mass is 290 g/mol. The van der Waals surface area contributed by atoms with Crippen molar-refractivity contribution < 1.29 is 14.3 Å². The molecule has 5 nitrogen and oxygen atoms in total. The summed E-state index contributed by atoms with van der Waals surface area (Å²) < 4.78 is 5.21. The number of hydrogen-bond donors (Lipinski definition) is 2. The molecule has 2 rings (SSSR count). The topological polar surface area (TPSA) is 67.4 Å². The number of ether oxygens (including phenoxy) is 1. The summed E-state index contributed by atoms with van der Waals surface area (Å²) in [5.74, 6) is 0.0291. The van der Waals surface area contributed by atoms with Gasteiger partial charge < -0.3 is 15.4 Å². The molecule has 0 atom stereocenters. The summed E-state index contributed by atoms with van der Waals surface area (Å²) >= 11 is 1.36. The van der Waals surface area contributed by atoms with Gasteiger partial charge >= 0.3 is 0 Å². The van der Waals surface area contributed by atoms with Crippen molar-refractivity contribution in [2.24, 2.45) is 0 Å². The van der Waals surface area contributed by atoms with Crippen molar-refractivity contribution in [3.63, 3.8) is 0 Å². The zero-order chi connectivity index (χ0) is 14.5. The van der Waals surface area contributed by atoms with Gasteiger partial charge in [-0.1, -0.05) is 6.07 Å². The molecule has 2 N–H and O–H groups in total. The molecule has 1 heterocycles. The predicted molar refractivity (Wildman–Crippen MR) is 78.7 cm³/mol. The lowest BCUT2D eigenvalue weighted by Crippen LogP contribution is -2.18. The third-order valence-electron chi connectivity index (χ3n) is 2.68. The van der Waals surface area contributed by atoms with Gasteiger partial charge in [0.1, 0.15) is 5.75 Å². The maximum atomic E-state index is 12.0. The Hall–Kier alpha value is -2.34. The molecule has 0 bridgehead atoms. The minimum absolute atomic E-state index is 0.203. The van der Waals surface area contributed by atoms with Crippen LogP contribution in [0.25, 0.3) is 0 Å².